The van der Waals surface area contributed by atoms with Gasteiger partial charge in [-0.3, -0.25) is 14.5 Å². The molecule has 4 aromatic carbocycles. The molecule has 0 aromatic heterocycles. The topological polar surface area (TPSA) is 111 Å². The summed E-state index contributed by atoms with van der Waals surface area (Å²) >= 11 is 6.22. The SMILES string of the molecule is Cc1cc(NC(=O)[C@H](CCN2CCC(O)CC2)NC(=O)[C@@H]2Cc3ccccc3CN2C(=O)OCC2c3ccccc3-c3ccccc32)ccc1Cl. The lowest BCUT2D eigenvalue weighted by molar-refractivity contribution is -0.130. The highest BCUT2D eigenvalue weighted by Gasteiger charge is 2.38. The zero-order valence-electron chi connectivity index (χ0n) is 28.7. The maximum absolute atomic E-state index is 14.3. The number of aliphatic hydroxyl groups is 1. The molecule has 264 valence electrons. The van der Waals surface area contributed by atoms with E-state index in [0.717, 1.165) is 52.0 Å². The molecule has 1 fully saturated rings. The first-order valence-corrected chi connectivity index (χ1v) is 18.1. The van der Waals surface area contributed by atoms with Gasteiger partial charge in [-0.2, -0.15) is 0 Å². The average molecular weight is 707 g/mol. The van der Waals surface area contributed by atoms with Gasteiger partial charge in [0.05, 0.1) is 12.6 Å². The quantitative estimate of drug-likeness (QED) is 0.189. The Bertz CT molecular complexity index is 1880. The molecule has 3 aliphatic rings. The van der Waals surface area contributed by atoms with Crippen LogP contribution in [0, 0.1) is 6.92 Å². The van der Waals surface area contributed by atoms with E-state index in [1.54, 1.807) is 18.2 Å². The van der Waals surface area contributed by atoms with Gasteiger partial charge in [0.25, 0.3) is 0 Å². The van der Waals surface area contributed by atoms with E-state index >= 15 is 0 Å². The van der Waals surface area contributed by atoms with E-state index in [1.165, 1.54) is 4.90 Å². The number of carbonyl (C=O) groups excluding carboxylic acids is 3. The Morgan fingerprint density at radius 2 is 1.55 bits per heavy atom. The van der Waals surface area contributed by atoms with Crippen LogP contribution in [0.4, 0.5) is 10.5 Å². The molecular weight excluding hydrogens is 664 g/mol. The van der Waals surface area contributed by atoms with Gasteiger partial charge in [-0.05, 0) is 83.3 Å². The second-order valence-corrected chi connectivity index (χ2v) is 14.2. The molecule has 0 radical (unpaired) electrons. The van der Waals surface area contributed by atoms with Crippen molar-refractivity contribution in [2.75, 3.05) is 31.6 Å². The summed E-state index contributed by atoms with van der Waals surface area (Å²) in [7, 11) is 0. The second-order valence-electron chi connectivity index (χ2n) is 13.8. The second kappa shape index (κ2) is 15.3. The normalized spacial score (nSPS) is 17.9. The van der Waals surface area contributed by atoms with Crippen molar-refractivity contribution in [3.63, 3.8) is 0 Å². The van der Waals surface area contributed by atoms with Crippen molar-refractivity contribution < 1.29 is 24.2 Å². The van der Waals surface area contributed by atoms with Crippen LogP contribution in [0.25, 0.3) is 11.1 Å². The monoisotopic (exact) mass is 706 g/mol. The highest BCUT2D eigenvalue weighted by atomic mass is 35.5. The Hall–Kier alpha value is -4.70. The van der Waals surface area contributed by atoms with Crippen LogP contribution in [-0.2, 0) is 27.3 Å². The van der Waals surface area contributed by atoms with E-state index < -0.39 is 24.1 Å². The molecule has 10 heteroatoms. The van der Waals surface area contributed by atoms with Crippen molar-refractivity contribution in [1.29, 1.82) is 0 Å². The maximum Gasteiger partial charge on any atom is 0.410 e. The molecule has 2 heterocycles. The molecular formula is C41H43ClN4O5. The maximum atomic E-state index is 14.3. The van der Waals surface area contributed by atoms with E-state index in [0.29, 0.717) is 42.9 Å². The van der Waals surface area contributed by atoms with Crippen molar-refractivity contribution in [1.82, 2.24) is 15.1 Å². The van der Waals surface area contributed by atoms with Crippen LogP contribution in [-0.4, -0.2) is 77.2 Å². The van der Waals surface area contributed by atoms with Crippen LogP contribution in [0.3, 0.4) is 0 Å². The number of fused-ring (bicyclic) bond motifs is 4. The van der Waals surface area contributed by atoms with Gasteiger partial charge in [0.15, 0.2) is 0 Å². The Morgan fingerprint density at radius 1 is 0.902 bits per heavy atom. The standard InChI is InChI=1S/C41H43ClN4O5/c1-26-22-29(14-15-36(26)42)43-39(48)37(18-21-45-19-16-30(47)17-20-45)44-40(49)38-23-27-8-2-3-9-28(27)24-46(38)41(50)51-25-35-33-12-6-4-10-31(33)32-11-5-7-13-34(32)35/h2-15,22,30,35,37-38,47H,16-21,23-25H2,1H3,(H,43,48)(H,44,49)/t37-,38-/m0/s1. The van der Waals surface area contributed by atoms with Crippen molar-refractivity contribution in [3.8, 4) is 11.1 Å². The lowest BCUT2D eigenvalue weighted by Crippen LogP contribution is -2.56. The molecule has 51 heavy (non-hydrogen) atoms. The molecule has 1 aliphatic carbocycles. The minimum atomic E-state index is -0.881. The smallest absolute Gasteiger partial charge is 0.410 e. The van der Waals surface area contributed by atoms with Gasteiger partial charge >= 0.3 is 6.09 Å². The zero-order chi connectivity index (χ0) is 35.5. The summed E-state index contributed by atoms with van der Waals surface area (Å²) in [6, 6.07) is 27.6. The van der Waals surface area contributed by atoms with Gasteiger partial charge in [0.1, 0.15) is 18.7 Å². The highest BCUT2D eigenvalue weighted by Crippen LogP contribution is 2.44. The number of aliphatic hydroxyl groups excluding tert-OH is 1. The summed E-state index contributed by atoms with van der Waals surface area (Å²) in [4.78, 5) is 45.7. The van der Waals surface area contributed by atoms with Crippen LogP contribution >= 0.6 is 11.6 Å². The number of hydrogen-bond donors (Lipinski definition) is 3. The van der Waals surface area contributed by atoms with E-state index in [2.05, 4.69) is 39.8 Å². The molecule has 0 saturated carbocycles. The Kier molecular flexibility index (Phi) is 10.4. The first kappa shape index (κ1) is 34.7. The predicted molar refractivity (Wildman–Crippen MR) is 198 cm³/mol. The first-order valence-electron chi connectivity index (χ1n) is 17.7. The minimum Gasteiger partial charge on any atom is -0.448 e. The summed E-state index contributed by atoms with van der Waals surface area (Å²) in [5, 5.41) is 16.6. The number of carbonyl (C=O) groups is 3. The fourth-order valence-corrected chi connectivity index (χ4v) is 7.69. The first-order chi connectivity index (χ1) is 24.7. The van der Waals surface area contributed by atoms with Gasteiger partial charge in [-0.1, -0.05) is 84.4 Å². The number of halogens is 1. The number of ether oxygens (including phenoxy) is 1. The number of anilines is 1. The number of likely N-dealkylation sites (tertiary alicyclic amines) is 1. The van der Waals surface area contributed by atoms with Gasteiger partial charge in [-0.25, -0.2) is 4.79 Å². The van der Waals surface area contributed by atoms with E-state index in [-0.39, 0.29) is 31.1 Å². The van der Waals surface area contributed by atoms with Crippen LogP contribution in [0.15, 0.2) is 91.0 Å². The Balaban J connectivity index is 1.10. The predicted octanol–water partition coefficient (Wildman–Crippen LogP) is 6.29. The molecule has 0 bridgehead atoms. The summed E-state index contributed by atoms with van der Waals surface area (Å²) in [5.41, 5.74) is 7.82. The summed E-state index contributed by atoms with van der Waals surface area (Å²) in [5.74, 6) is -0.892. The molecule has 4 aromatic rings. The number of amides is 3. The van der Waals surface area contributed by atoms with Crippen molar-refractivity contribution in [2.45, 2.75) is 63.3 Å². The molecule has 2 aliphatic heterocycles. The molecule has 2 atom stereocenters. The van der Waals surface area contributed by atoms with Crippen molar-refractivity contribution >= 4 is 35.2 Å². The molecule has 1 saturated heterocycles. The number of nitrogens with one attached hydrogen (secondary N) is 2. The molecule has 3 amide bonds. The van der Waals surface area contributed by atoms with Crippen LogP contribution < -0.4 is 10.6 Å². The van der Waals surface area contributed by atoms with Gasteiger partial charge in [0, 0.05) is 42.7 Å². The number of rotatable bonds is 9. The van der Waals surface area contributed by atoms with E-state index in [9.17, 15) is 19.5 Å². The number of nitrogens with zero attached hydrogens (tertiary/aromatic N) is 2. The largest absolute Gasteiger partial charge is 0.448 e. The van der Waals surface area contributed by atoms with Gasteiger partial charge in [0.2, 0.25) is 11.8 Å². The fourth-order valence-electron chi connectivity index (χ4n) is 7.57. The molecule has 7 rings (SSSR count). The molecule has 0 unspecified atom stereocenters. The number of hydrogen-bond acceptors (Lipinski definition) is 6. The fraction of sp³-hybridized carbons (Fsp3) is 0.341. The number of aryl methyl sites for hydroxylation is 1. The van der Waals surface area contributed by atoms with Crippen molar-refractivity contribution in [2.24, 2.45) is 0 Å². The number of piperidine rings is 1. The van der Waals surface area contributed by atoms with Crippen LogP contribution in [0.5, 0.6) is 0 Å². The average Bonchev–Trinajstić information content (AvgIpc) is 3.47. The van der Waals surface area contributed by atoms with Crippen LogP contribution in [0.1, 0.15) is 53.0 Å². The summed E-state index contributed by atoms with van der Waals surface area (Å²) in [6.07, 6.45) is 1.10. The highest BCUT2D eigenvalue weighted by molar-refractivity contribution is 6.31. The third-order valence-corrected chi connectivity index (χ3v) is 10.9. The van der Waals surface area contributed by atoms with Crippen molar-refractivity contribution in [3.05, 3.63) is 124 Å². The molecule has 3 N–H and O–H groups in total. The van der Waals surface area contributed by atoms with Gasteiger partial charge in [-0.15, -0.1) is 0 Å². The third-order valence-electron chi connectivity index (χ3n) is 10.5. The lowest BCUT2D eigenvalue weighted by Gasteiger charge is -2.36. The van der Waals surface area contributed by atoms with Crippen LogP contribution in [0.2, 0.25) is 5.02 Å². The van der Waals surface area contributed by atoms with E-state index in [1.807, 2.05) is 55.5 Å². The third kappa shape index (κ3) is 7.66. The summed E-state index contributed by atoms with van der Waals surface area (Å²) in [6.45, 7) is 4.20. The van der Waals surface area contributed by atoms with Gasteiger partial charge < -0.3 is 25.4 Å². The number of benzene rings is 4. The zero-order valence-corrected chi connectivity index (χ0v) is 29.4. The lowest BCUT2D eigenvalue weighted by atomic mass is 9.93. The molecule has 9 nitrogen and oxygen atoms in total. The summed E-state index contributed by atoms with van der Waals surface area (Å²) < 4.78 is 6.05. The van der Waals surface area contributed by atoms with E-state index in [4.69, 9.17) is 16.3 Å². The Labute approximate surface area is 303 Å². The minimum absolute atomic E-state index is 0.119. The Morgan fingerprint density at radius 3 is 2.24 bits per heavy atom. The molecule has 0 spiro atoms.